The molecule has 0 radical (unpaired) electrons. The van der Waals surface area contributed by atoms with Crippen LogP contribution in [0.25, 0.3) is 0 Å². The van der Waals surface area contributed by atoms with Crippen LogP contribution in [0.15, 0.2) is 58.5 Å². The molecule has 0 aliphatic heterocycles. The van der Waals surface area contributed by atoms with Crippen molar-refractivity contribution in [3.8, 4) is 0 Å². The molecular weight excluding hydrogens is 295 g/mol. The van der Waals surface area contributed by atoms with Gasteiger partial charge in [0.25, 0.3) is 0 Å². The lowest BCUT2D eigenvalue weighted by Gasteiger charge is -2.20. The highest BCUT2D eigenvalue weighted by atomic mass is 19.1. The van der Waals surface area contributed by atoms with E-state index in [2.05, 4.69) is 45.1 Å². The Labute approximate surface area is 148 Å². The van der Waals surface area contributed by atoms with E-state index in [-0.39, 0.29) is 5.83 Å². The molecule has 0 saturated heterocycles. The van der Waals surface area contributed by atoms with E-state index in [9.17, 15) is 4.39 Å². The maximum Gasteiger partial charge on any atom is 0.126 e. The van der Waals surface area contributed by atoms with Gasteiger partial charge in [0, 0.05) is 0 Å². The third-order valence-electron chi connectivity index (χ3n) is 4.82. The van der Waals surface area contributed by atoms with Crippen LogP contribution in [0.5, 0.6) is 0 Å². The summed E-state index contributed by atoms with van der Waals surface area (Å²) in [5.74, 6) is 1.37. The largest absolute Gasteiger partial charge is 0.207 e. The third kappa shape index (κ3) is 7.47. The van der Waals surface area contributed by atoms with Crippen molar-refractivity contribution in [3.63, 3.8) is 0 Å². The summed E-state index contributed by atoms with van der Waals surface area (Å²) in [6.45, 7) is 12.3. The fraction of sp³-hybridized carbons (Fsp3) is 0.565. The van der Waals surface area contributed by atoms with Crippen LogP contribution in [0.2, 0.25) is 0 Å². The summed E-state index contributed by atoms with van der Waals surface area (Å²) in [6, 6.07) is 0. The molecule has 0 amide bonds. The molecular formula is C23H35F. The second-order valence-electron chi connectivity index (χ2n) is 7.49. The van der Waals surface area contributed by atoms with Crippen LogP contribution in [-0.2, 0) is 0 Å². The zero-order chi connectivity index (χ0) is 18.1. The van der Waals surface area contributed by atoms with Gasteiger partial charge < -0.3 is 0 Å². The number of hydrogen-bond donors (Lipinski definition) is 0. The van der Waals surface area contributed by atoms with Crippen LogP contribution < -0.4 is 0 Å². The Morgan fingerprint density at radius 3 is 2.33 bits per heavy atom. The number of allylic oxidation sites excluding steroid dienone is 10. The van der Waals surface area contributed by atoms with Crippen LogP contribution in [0.4, 0.5) is 4.39 Å². The average Bonchev–Trinajstić information content (AvgIpc) is 2.54. The number of rotatable bonds is 7. The maximum absolute atomic E-state index is 14.2. The van der Waals surface area contributed by atoms with Crippen molar-refractivity contribution in [1.82, 2.24) is 0 Å². The second kappa shape index (κ2) is 10.5. The number of halogens is 1. The molecule has 1 aliphatic rings. The first kappa shape index (κ1) is 20.7. The predicted molar refractivity (Wildman–Crippen MR) is 106 cm³/mol. The van der Waals surface area contributed by atoms with Crippen molar-refractivity contribution in [2.24, 2.45) is 11.8 Å². The Morgan fingerprint density at radius 2 is 1.79 bits per heavy atom. The summed E-state index contributed by atoms with van der Waals surface area (Å²) in [5, 5.41) is 0. The third-order valence-corrected chi connectivity index (χ3v) is 4.82. The maximum atomic E-state index is 14.2. The molecule has 0 aromatic rings. The highest BCUT2D eigenvalue weighted by Gasteiger charge is 2.12. The quantitative estimate of drug-likeness (QED) is 0.329. The van der Waals surface area contributed by atoms with E-state index >= 15 is 0 Å². The van der Waals surface area contributed by atoms with Gasteiger partial charge in [-0.15, -0.1) is 0 Å². The molecule has 0 bridgehead atoms. The smallest absolute Gasteiger partial charge is 0.126 e. The fourth-order valence-corrected chi connectivity index (χ4v) is 3.02. The van der Waals surface area contributed by atoms with Gasteiger partial charge in [0.2, 0.25) is 0 Å². The lowest BCUT2D eigenvalue weighted by Crippen LogP contribution is -2.06. The Kier molecular flexibility index (Phi) is 9.03. The lowest BCUT2D eigenvalue weighted by atomic mass is 9.86. The van der Waals surface area contributed by atoms with Gasteiger partial charge >= 0.3 is 0 Å². The summed E-state index contributed by atoms with van der Waals surface area (Å²) in [7, 11) is 0. The summed E-state index contributed by atoms with van der Waals surface area (Å²) in [4.78, 5) is 0. The van der Waals surface area contributed by atoms with Gasteiger partial charge in [0.15, 0.2) is 0 Å². The summed E-state index contributed by atoms with van der Waals surface area (Å²) < 4.78 is 14.2. The van der Waals surface area contributed by atoms with E-state index in [0.29, 0.717) is 0 Å². The molecule has 2 atom stereocenters. The minimum atomic E-state index is -0.115. The van der Waals surface area contributed by atoms with E-state index in [1.54, 1.807) is 6.08 Å². The molecule has 0 aromatic heterocycles. The van der Waals surface area contributed by atoms with E-state index < -0.39 is 0 Å². The summed E-state index contributed by atoms with van der Waals surface area (Å²) in [6.07, 6.45) is 16.5. The van der Waals surface area contributed by atoms with E-state index in [0.717, 1.165) is 41.4 Å². The highest BCUT2D eigenvalue weighted by Crippen LogP contribution is 2.27. The zero-order valence-electron chi connectivity index (χ0n) is 16.5. The molecule has 0 spiro atoms. The minimum Gasteiger partial charge on any atom is -0.207 e. The molecule has 0 N–H and O–H groups in total. The van der Waals surface area contributed by atoms with Crippen molar-refractivity contribution < 1.29 is 4.39 Å². The van der Waals surface area contributed by atoms with Crippen LogP contribution in [0, 0.1) is 11.8 Å². The molecule has 0 fully saturated rings. The molecule has 0 nitrogen and oxygen atoms in total. The second-order valence-corrected chi connectivity index (χ2v) is 7.49. The molecule has 24 heavy (non-hydrogen) atoms. The van der Waals surface area contributed by atoms with E-state index in [1.165, 1.54) is 24.8 Å². The highest BCUT2D eigenvalue weighted by molar-refractivity contribution is 5.38. The van der Waals surface area contributed by atoms with Crippen LogP contribution in [-0.4, -0.2) is 0 Å². The molecule has 0 heterocycles. The minimum absolute atomic E-state index is 0.115. The van der Waals surface area contributed by atoms with Crippen molar-refractivity contribution in [3.05, 3.63) is 58.5 Å². The van der Waals surface area contributed by atoms with Crippen molar-refractivity contribution in [2.75, 3.05) is 0 Å². The lowest BCUT2D eigenvalue weighted by molar-refractivity contribution is 0.453. The van der Waals surface area contributed by atoms with Gasteiger partial charge in [-0.3, -0.25) is 0 Å². The van der Waals surface area contributed by atoms with Crippen LogP contribution >= 0.6 is 0 Å². The van der Waals surface area contributed by atoms with E-state index in [4.69, 9.17) is 0 Å². The molecule has 1 heteroatoms. The average molecular weight is 331 g/mol. The summed E-state index contributed by atoms with van der Waals surface area (Å²) in [5.41, 5.74) is 4.20. The molecule has 0 saturated carbocycles. The first-order chi connectivity index (χ1) is 11.3. The Morgan fingerprint density at radius 1 is 1.08 bits per heavy atom. The first-order valence-electron chi connectivity index (χ1n) is 9.39. The first-order valence-corrected chi connectivity index (χ1v) is 9.39. The molecule has 1 aliphatic carbocycles. The monoisotopic (exact) mass is 330 g/mol. The van der Waals surface area contributed by atoms with Crippen LogP contribution in [0.3, 0.4) is 0 Å². The van der Waals surface area contributed by atoms with Gasteiger partial charge in [0.05, 0.1) is 0 Å². The zero-order valence-corrected chi connectivity index (χ0v) is 16.5. The summed E-state index contributed by atoms with van der Waals surface area (Å²) >= 11 is 0. The fourth-order valence-electron chi connectivity index (χ4n) is 3.02. The SMILES string of the molecule is CCC(=C\C=C(/C)CCC1C=CC(C)CC1)/C(C)=C(\F)C=C(C)C. The molecule has 134 valence electrons. The Hall–Kier alpha value is -1.37. The van der Waals surface area contributed by atoms with Crippen LogP contribution in [0.1, 0.15) is 73.6 Å². The molecule has 1 rings (SSSR count). The molecule has 2 unspecified atom stereocenters. The topological polar surface area (TPSA) is 0 Å². The van der Waals surface area contributed by atoms with Gasteiger partial charge in [-0.2, -0.15) is 0 Å². The normalized spacial score (nSPS) is 23.1. The van der Waals surface area contributed by atoms with Crippen molar-refractivity contribution in [1.29, 1.82) is 0 Å². The Balaban J connectivity index is 2.70. The van der Waals surface area contributed by atoms with E-state index in [1.807, 2.05) is 20.8 Å². The predicted octanol–water partition coefficient (Wildman–Crippen LogP) is 7.86. The van der Waals surface area contributed by atoms with Gasteiger partial charge in [0.1, 0.15) is 5.83 Å². The van der Waals surface area contributed by atoms with Crippen molar-refractivity contribution >= 4 is 0 Å². The van der Waals surface area contributed by atoms with Crippen molar-refractivity contribution in [2.45, 2.75) is 73.6 Å². The number of hydrogen-bond acceptors (Lipinski definition) is 0. The molecule has 0 aromatic carbocycles. The van der Waals surface area contributed by atoms with Gasteiger partial charge in [-0.25, -0.2) is 4.39 Å². The van der Waals surface area contributed by atoms with Gasteiger partial charge in [-0.05, 0) is 88.9 Å². The standard InChI is InChI=1S/C23H35F/c1-7-22(20(6)23(24)16-17(2)3)15-11-19(5)10-14-21-12-8-18(4)9-13-21/h8,11-12,15-16,18,21H,7,9-10,13-14H2,1-6H3/b19-11+,22-15+,23-20-. The van der Waals surface area contributed by atoms with Gasteiger partial charge in [-0.1, -0.05) is 49.3 Å². The Bertz CT molecular complexity index is 551.